The number of hydrogen-bond donors (Lipinski definition) is 0. The number of furan rings is 1. The Balaban J connectivity index is 1.53. The lowest BCUT2D eigenvalue weighted by molar-refractivity contribution is 0.102. The van der Waals surface area contributed by atoms with Crippen LogP contribution in [0, 0.1) is 4.64 Å². The number of thioether (sulfide) groups is 1. The number of rotatable bonds is 5. The number of ketones is 1. The second-order valence-corrected chi connectivity index (χ2v) is 10.2. The Morgan fingerprint density at radius 1 is 1.13 bits per heavy atom. The van der Waals surface area contributed by atoms with E-state index in [9.17, 15) is 4.79 Å². The highest BCUT2D eigenvalue weighted by Crippen LogP contribution is 2.38. The van der Waals surface area contributed by atoms with Gasteiger partial charge in [0.2, 0.25) is 5.71 Å². The van der Waals surface area contributed by atoms with Crippen molar-refractivity contribution < 1.29 is 9.21 Å². The maximum absolute atomic E-state index is 12.8. The molecular formula is C24H25ClN2O2S2. The van der Waals surface area contributed by atoms with Gasteiger partial charge in [-0.15, -0.1) is 0 Å². The highest BCUT2D eigenvalue weighted by atomic mass is 35.5. The van der Waals surface area contributed by atoms with Gasteiger partial charge in [-0.05, 0) is 56.4 Å². The van der Waals surface area contributed by atoms with Gasteiger partial charge < -0.3 is 8.98 Å². The summed E-state index contributed by atoms with van der Waals surface area (Å²) in [5, 5.41) is 2.46. The molecule has 1 saturated carbocycles. The zero-order chi connectivity index (χ0) is 21.4. The smallest absolute Gasteiger partial charge is 0.231 e. The predicted molar refractivity (Wildman–Crippen MR) is 128 cm³/mol. The van der Waals surface area contributed by atoms with Crippen molar-refractivity contribution in [3.8, 4) is 0 Å². The van der Waals surface area contributed by atoms with Crippen molar-refractivity contribution in [2.75, 3.05) is 5.75 Å². The van der Waals surface area contributed by atoms with E-state index in [4.69, 9.17) is 33.2 Å². The van der Waals surface area contributed by atoms with E-state index >= 15 is 0 Å². The highest BCUT2D eigenvalue weighted by molar-refractivity contribution is 7.99. The zero-order valence-corrected chi connectivity index (χ0v) is 19.8. The predicted octanol–water partition coefficient (Wildman–Crippen LogP) is 7.37. The fourth-order valence-electron chi connectivity index (χ4n) is 4.81. The third-order valence-electron chi connectivity index (χ3n) is 6.43. The molecule has 7 heteroatoms. The summed E-state index contributed by atoms with van der Waals surface area (Å²) in [6.45, 7) is 0. The SMILES string of the molecule is O=C(CSc1nc2oc3c(c2c(=S)n1C1CCCCC1)CCCC3)c1ccc(Cl)cc1. The Hall–Kier alpha value is -1.63. The van der Waals surface area contributed by atoms with Crippen LogP contribution >= 0.6 is 35.6 Å². The van der Waals surface area contributed by atoms with E-state index in [1.165, 1.54) is 43.0 Å². The van der Waals surface area contributed by atoms with Crippen LogP contribution in [0.1, 0.15) is 72.7 Å². The molecule has 5 rings (SSSR count). The summed E-state index contributed by atoms with van der Waals surface area (Å²) in [7, 11) is 0. The average Bonchev–Trinajstić information content (AvgIpc) is 3.17. The van der Waals surface area contributed by atoms with Crippen LogP contribution in [0.25, 0.3) is 11.1 Å². The van der Waals surface area contributed by atoms with E-state index in [-0.39, 0.29) is 5.78 Å². The van der Waals surface area contributed by atoms with Gasteiger partial charge in [-0.3, -0.25) is 4.79 Å². The molecule has 0 amide bonds. The normalized spacial score (nSPS) is 17.1. The molecule has 4 nitrogen and oxygen atoms in total. The molecule has 0 spiro atoms. The van der Waals surface area contributed by atoms with Crippen molar-refractivity contribution in [1.29, 1.82) is 0 Å². The number of aromatic nitrogens is 2. The van der Waals surface area contributed by atoms with Crippen molar-refractivity contribution in [1.82, 2.24) is 9.55 Å². The molecule has 3 aromatic rings. The van der Waals surface area contributed by atoms with Gasteiger partial charge in [-0.25, -0.2) is 0 Å². The van der Waals surface area contributed by atoms with Gasteiger partial charge in [0.05, 0.1) is 11.1 Å². The third kappa shape index (κ3) is 4.22. The number of halogens is 1. The lowest BCUT2D eigenvalue weighted by atomic mass is 9.95. The van der Waals surface area contributed by atoms with Crippen LogP contribution < -0.4 is 0 Å². The highest BCUT2D eigenvalue weighted by Gasteiger charge is 2.26. The monoisotopic (exact) mass is 472 g/mol. The molecule has 0 unspecified atom stereocenters. The van der Waals surface area contributed by atoms with Gasteiger partial charge in [0.15, 0.2) is 10.9 Å². The lowest BCUT2D eigenvalue weighted by Gasteiger charge is -2.26. The summed E-state index contributed by atoms with van der Waals surface area (Å²) in [6, 6.07) is 7.40. The molecule has 2 aliphatic carbocycles. The summed E-state index contributed by atoms with van der Waals surface area (Å²) in [6.07, 6.45) is 10.2. The van der Waals surface area contributed by atoms with Gasteiger partial charge in [0, 0.05) is 28.6 Å². The molecule has 31 heavy (non-hydrogen) atoms. The molecule has 0 atom stereocenters. The Labute approximate surface area is 196 Å². The first kappa shape index (κ1) is 21.2. The molecule has 162 valence electrons. The van der Waals surface area contributed by atoms with Crippen molar-refractivity contribution in [3.05, 3.63) is 50.8 Å². The van der Waals surface area contributed by atoms with Crippen LogP contribution in [0.3, 0.4) is 0 Å². The van der Waals surface area contributed by atoms with Crippen LogP contribution in [0.5, 0.6) is 0 Å². The maximum atomic E-state index is 12.8. The number of carbonyl (C=O) groups is 1. The van der Waals surface area contributed by atoms with Crippen LogP contribution in [-0.4, -0.2) is 21.1 Å². The van der Waals surface area contributed by atoms with Crippen LogP contribution in [0.4, 0.5) is 0 Å². The minimum absolute atomic E-state index is 0.0587. The summed E-state index contributed by atoms with van der Waals surface area (Å²) in [5.74, 6) is 1.42. The molecule has 0 saturated heterocycles. The lowest BCUT2D eigenvalue weighted by Crippen LogP contribution is -2.18. The first-order valence-electron chi connectivity index (χ1n) is 11.1. The first-order chi connectivity index (χ1) is 15.1. The third-order valence-corrected chi connectivity index (χ3v) is 8.03. The van der Waals surface area contributed by atoms with Crippen LogP contribution in [0.2, 0.25) is 5.02 Å². The largest absolute Gasteiger partial charge is 0.442 e. The van der Waals surface area contributed by atoms with Gasteiger partial charge in [-0.2, -0.15) is 4.98 Å². The molecule has 2 aliphatic rings. The summed E-state index contributed by atoms with van der Waals surface area (Å²) in [5.41, 5.74) is 2.57. The number of hydrogen-bond acceptors (Lipinski definition) is 5. The van der Waals surface area contributed by atoms with Crippen molar-refractivity contribution in [2.45, 2.75) is 69.0 Å². The topological polar surface area (TPSA) is 48.0 Å². The van der Waals surface area contributed by atoms with Gasteiger partial charge in [0.25, 0.3) is 0 Å². The molecule has 0 aliphatic heterocycles. The van der Waals surface area contributed by atoms with Gasteiger partial charge in [-0.1, -0.05) is 54.8 Å². The van der Waals surface area contributed by atoms with Crippen molar-refractivity contribution in [2.24, 2.45) is 0 Å². The molecule has 1 aromatic carbocycles. The number of aryl methyl sites for hydroxylation is 2. The zero-order valence-electron chi connectivity index (χ0n) is 17.4. The Bertz CT molecular complexity index is 1180. The number of benzene rings is 1. The first-order valence-corrected chi connectivity index (χ1v) is 12.9. The fourth-order valence-corrected chi connectivity index (χ4v) is 6.39. The molecule has 1 fully saturated rings. The number of carbonyl (C=O) groups excluding carboxylic acids is 1. The van der Waals surface area contributed by atoms with Gasteiger partial charge >= 0.3 is 0 Å². The van der Waals surface area contributed by atoms with Gasteiger partial charge in [0.1, 0.15) is 10.4 Å². The standard InChI is InChI=1S/C24H25ClN2O2S2/c25-16-12-10-15(11-13-16)19(28)14-31-24-26-22-21(18-8-4-5-9-20(18)29-22)23(30)27(24)17-6-2-1-3-7-17/h10-13,17H,1-9,14H2. The summed E-state index contributed by atoms with van der Waals surface area (Å²) in [4.78, 5) is 17.7. The molecule has 2 heterocycles. The van der Waals surface area contributed by atoms with Crippen molar-refractivity contribution >= 4 is 52.5 Å². The van der Waals surface area contributed by atoms with E-state index in [0.29, 0.717) is 28.1 Å². The molecule has 0 N–H and O–H groups in total. The number of fused-ring (bicyclic) bond motifs is 3. The van der Waals surface area contributed by atoms with E-state index in [1.54, 1.807) is 24.3 Å². The minimum atomic E-state index is 0.0587. The molecule has 0 bridgehead atoms. The van der Waals surface area contributed by atoms with Crippen molar-refractivity contribution in [3.63, 3.8) is 0 Å². The quantitative estimate of drug-likeness (QED) is 0.168. The molecule has 2 aromatic heterocycles. The Morgan fingerprint density at radius 2 is 1.87 bits per heavy atom. The van der Waals surface area contributed by atoms with Crippen LogP contribution in [-0.2, 0) is 12.8 Å². The second-order valence-electron chi connectivity index (χ2n) is 8.47. The fraction of sp³-hybridized carbons (Fsp3) is 0.458. The van der Waals surface area contributed by atoms with E-state index < -0.39 is 0 Å². The van der Waals surface area contributed by atoms with E-state index in [2.05, 4.69) is 4.57 Å². The maximum Gasteiger partial charge on any atom is 0.231 e. The number of nitrogens with zero attached hydrogens (tertiary/aromatic N) is 2. The second kappa shape index (κ2) is 9.08. The van der Waals surface area contributed by atoms with Crippen LogP contribution in [0.15, 0.2) is 33.8 Å². The molecular weight excluding hydrogens is 448 g/mol. The summed E-state index contributed by atoms with van der Waals surface area (Å²) < 4.78 is 9.23. The Morgan fingerprint density at radius 3 is 2.65 bits per heavy atom. The van der Waals surface area contributed by atoms with E-state index in [0.717, 1.165) is 53.0 Å². The summed E-state index contributed by atoms with van der Waals surface area (Å²) >= 11 is 13.5. The Kier molecular flexibility index (Phi) is 6.22. The molecule has 0 radical (unpaired) electrons. The van der Waals surface area contributed by atoms with E-state index in [1.807, 2.05) is 0 Å². The average molecular weight is 473 g/mol. The number of Topliss-reactive ketones (excluding diaryl/α,β-unsaturated/α-hetero) is 1. The minimum Gasteiger partial charge on any atom is -0.442 e.